The number of aliphatic carboxylic acids is 1. The molecule has 2 N–H and O–H groups in total. The van der Waals surface area contributed by atoms with Gasteiger partial charge in [0.15, 0.2) is 5.13 Å². The molecule has 0 spiro atoms. The number of benzene rings is 2. The molecule has 0 saturated carbocycles. The van der Waals surface area contributed by atoms with Crippen molar-refractivity contribution < 1.29 is 9.90 Å². The highest BCUT2D eigenvalue weighted by atomic mass is 35.5. The van der Waals surface area contributed by atoms with E-state index in [0.29, 0.717) is 15.8 Å². The molecule has 4 nitrogen and oxygen atoms in total. The molecule has 0 aliphatic rings. The largest absolute Gasteiger partial charge is 0.481 e. The van der Waals surface area contributed by atoms with E-state index >= 15 is 0 Å². The molecule has 0 aliphatic heterocycles. The Hall–Kier alpha value is -2.37. The molecule has 0 aliphatic carbocycles. The number of nitrogens with one attached hydrogen (secondary N) is 1. The lowest BCUT2D eigenvalue weighted by atomic mass is 10.0. The van der Waals surface area contributed by atoms with Gasteiger partial charge in [-0.3, -0.25) is 4.79 Å². The van der Waals surface area contributed by atoms with Gasteiger partial charge < -0.3 is 10.4 Å². The molecular formula is C19H17ClN2O2S. The first-order chi connectivity index (χ1) is 11.9. The van der Waals surface area contributed by atoms with Gasteiger partial charge in [0.2, 0.25) is 0 Å². The van der Waals surface area contributed by atoms with Crippen LogP contribution in [0.5, 0.6) is 0 Å². The van der Waals surface area contributed by atoms with Crippen molar-refractivity contribution in [2.24, 2.45) is 0 Å². The summed E-state index contributed by atoms with van der Waals surface area (Å²) in [6.45, 7) is 4.01. The van der Waals surface area contributed by atoms with E-state index in [2.05, 4.69) is 10.3 Å². The lowest BCUT2D eigenvalue weighted by Crippen LogP contribution is -2.00. The highest BCUT2D eigenvalue weighted by Crippen LogP contribution is 2.36. The van der Waals surface area contributed by atoms with Crippen LogP contribution in [0.25, 0.3) is 11.3 Å². The third-order valence-corrected chi connectivity index (χ3v) is 5.07. The first-order valence-electron chi connectivity index (χ1n) is 7.74. The number of hydrogen-bond donors (Lipinski definition) is 2. The van der Waals surface area contributed by atoms with Gasteiger partial charge in [-0.1, -0.05) is 41.4 Å². The number of carbonyl (C=O) groups is 1. The van der Waals surface area contributed by atoms with E-state index in [-0.39, 0.29) is 6.42 Å². The highest BCUT2D eigenvalue weighted by molar-refractivity contribution is 7.16. The van der Waals surface area contributed by atoms with Crippen LogP contribution < -0.4 is 5.32 Å². The Morgan fingerprint density at radius 2 is 2.00 bits per heavy atom. The highest BCUT2D eigenvalue weighted by Gasteiger charge is 2.18. The van der Waals surface area contributed by atoms with Crippen LogP contribution in [-0.4, -0.2) is 16.1 Å². The number of hydrogen-bond acceptors (Lipinski definition) is 4. The van der Waals surface area contributed by atoms with Crippen LogP contribution in [0.4, 0.5) is 10.8 Å². The van der Waals surface area contributed by atoms with Crippen LogP contribution in [0.1, 0.15) is 16.0 Å². The van der Waals surface area contributed by atoms with E-state index in [1.165, 1.54) is 11.3 Å². The molecule has 0 saturated heterocycles. The fourth-order valence-corrected chi connectivity index (χ4v) is 3.70. The minimum absolute atomic E-state index is 0.0649. The molecule has 128 valence electrons. The maximum absolute atomic E-state index is 11.3. The third kappa shape index (κ3) is 4.00. The van der Waals surface area contributed by atoms with Crippen LogP contribution in [0, 0.1) is 13.8 Å². The van der Waals surface area contributed by atoms with Gasteiger partial charge in [-0.2, -0.15) is 0 Å². The molecule has 0 unspecified atom stereocenters. The van der Waals surface area contributed by atoms with Gasteiger partial charge in [-0.25, -0.2) is 4.98 Å². The molecule has 0 amide bonds. The summed E-state index contributed by atoms with van der Waals surface area (Å²) in [6, 6.07) is 13.5. The summed E-state index contributed by atoms with van der Waals surface area (Å²) in [5.74, 6) is -0.875. The normalized spacial score (nSPS) is 10.7. The zero-order valence-electron chi connectivity index (χ0n) is 13.8. The van der Waals surface area contributed by atoms with Crippen molar-refractivity contribution in [3.8, 4) is 11.3 Å². The zero-order valence-corrected chi connectivity index (χ0v) is 15.4. The third-order valence-electron chi connectivity index (χ3n) is 3.77. The standard InChI is InChI=1S/C19H17ClN2O2S/c1-11-7-8-12(2)13(9-11)18-16(10-17(23)24)25-19(22-18)21-15-6-4-3-5-14(15)20/h3-9H,10H2,1-2H3,(H,21,22)(H,23,24). The number of nitrogens with zero attached hydrogens (tertiary/aromatic N) is 1. The van der Waals surface area contributed by atoms with Crippen molar-refractivity contribution in [3.63, 3.8) is 0 Å². The smallest absolute Gasteiger partial charge is 0.308 e. The number of carboxylic acids is 1. The Bertz CT molecular complexity index is 937. The summed E-state index contributed by atoms with van der Waals surface area (Å²) < 4.78 is 0. The molecule has 3 rings (SSSR count). The average molecular weight is 373 g/mol. The SMILES string of the molecule is Cc1ccc(C)c(-c2nc(Nc3ccccc3Cl)sc2CC(=O)O)c1. The Morgan fingerprint density at radius 1 is 1.24 bits per heavy atom. The van der Waals surface area contributed by atoms with Gasteiger partial charge in [0.25, 0.3) is 0 Å². The summed E-state index contributed by atoms with van der Waals surface area (Å²) in [5.41, 5.74) is 4.58. The van der Waals surface area contributed by atoms with Crippen LogP contribution >= 0.6 is 22.9 Å². The molecule has 1 heterocycles. The monoisotopic (exact) mass is 372 g/mol. The molecule has 2 aromatic carbocycles. The van der Waals surface area contributed by atoms with Crippen molar-refractivity contribution in [3.05, 3.63) is 63.5 Å². The lowest BCUT2D eigenvalue weighted by Gasteiger charge is -2.06. The van der Waals surface area contributed by atoms with Crippen molar-refractivity contribution in [2.45, 2.75) is 20.3 Å². The Morgan fingerprint density at radius 3 is 2.72 bits per heavy atom. The molecule has 0 radical (unpaired) electrons. The Kier molecular flexibility index (Phi) is 5.06. The van der Waals surface area contributed by atoms with Gasteiger partial charge in [0, 0.05) is 10.4 Å². The number of anilines is 2. The summed E-state index contributed by atoms with van der Waals surface area (Å²) in [6.07, 6.45) is -0.0649. The minimum atomic E-state index is -0.875. The lowest BCUT2D eigenvalue weighted by molar-refractivity contribution is -0.136. The fraction of sp³-hybridized carbons (Fsp3) is 0.158. The maximum Gasteiger partial charge on any atom is 0.308 e. The van der Waals surface area contributed by atoms with E-state index in [1.54, 1.807) is 6.07 Å². The number of aromatic nitrogens is 1. The van der Waals surface area contributed by atoms with Crippen LogP contribution in [0.2, 0.25) is 5.02 Å². The predicted molar refractivity (Wildman–Crippen MR) is 103 cm³/mol. The van der Waals surface area contributed by atoms with Gasteiger partial charge in [-0.05, 0) is 37.6 Å². The van der Waals surface area contributed by atoms with Crippen LogP contribution in [0.15, 0.2) is 42.5 Å². The topological polar surface area (TPSA) is 62.2 Å². The molecular weight excluding hydrogens is 356 g/mol. The summed E-state index contributed by atoms with van der Waals surface area (Å²) >= 11 is 7.53. The van der Waals surface area contributed by atoms with E-state index < -0.39 is 5.97 Å². The molecule has 3 aromatic rings. The second kappa shape index (κ2) is 7.25. The van der Waals surface area contributed by atoms with Gasteiger partial charge in [0.05, 0.1) is 22.8 Å². The van der Waals surface area contributed by atoms with Crippen LogP contribution in [-0.2, 0) is 11.2 Å². The van der Waals surface area contributed by atoms with Crippen molar-refractivity contribution >= 4 is 39.7 Å². The van der Waals surface area contributed by atoms with Gasteiger partial charge >= 0.3 is 5.97 Å². The van der Waals surface area contributed by atoms with Crippen molar-refractivity contribution in [1.82, 2.24) is 4.98 Å². The van der Waals surface area contributed by atoms with E-state index in [1.807, 2.05) is 50.2 Å². The van der Waals surface area contributed by atoms with Gasteiger partial charge in [-0.15, -0.1) is 11.3 Å². The maximum atomic E-state index is 11.3. The first-order valence-corrected chi connectivity index (χ1v) is 8.94. The number of aryl methyl sites for hydroxylation is 2. The van der Waals surface area contributed by atoms with E-state index in [0.717, 1.165) is 27.3 Å². The zero-order chi connectivity index (χ0) is 18.0. The Balaban J connectivity index is 2.05. The van der Waals surface area contributed by atoms with Gasteiger partial charge in [0.1, 0.15) is 0 Å². The predicted octanol–water partition coefficient (Wildman–Crippen LogP) is 5.45. The number of thiazole rings is 1. The van der Waals surface area contributed by atoms with E-state index in [9.17, 15) is 9.90 Å². The minimum Gasteiger partial charge on any atom is -0.481 e. The number of rotatable bonds is 5. The summed E-state index contributed by atoms with van der Waals surface area (Å²) in [7, 11) is 0. The average Bonchev–Trinajstić information content (AvgIpc) is 2.93. The van der Waals surface area contributed by atoms with Crippen molar-refractivity contribution in [1.29, 1.82) is 0 Å². The summed E-state index contributed by atoms with van der Waals surface area (Å²) in [4.78, 5) is 16.6. The number of carboxylic acid groups (broad SMARTS) is 1. The molecule has 0 atom stereocenters. The molecule has 1 aromatic heterocycles. The second-order valence-corrected chi connectivity index (χ2v) is 7.28. The van der Waals surface area contributed by atoms with Crippen molar-refractivity contribution in [2.75, 3.05) is 5.32 Å². The van der Waals surface area contributed by atoms with E-state index in [4.69, 9.17) is 11.6 Å². The molecule has 25 heavy (non-hydrogen) atoms. The number of halogens is 1. The molecule has 0 bridgehead atoms. The molecule has 0 fully saturated rings. The molecule has 6 heteroatoms. The first kappa shape index (κ1) is 17.5. The fourth-order valence-electron chi connectivity index (χ4n) is 2.54. The summed E-state index contributed by atoms with van der Waals surface area (Å²) in [5, 5.41) is 13.6. The number of para-hydroxylation sites is 1. The van der Waals surface area contributed by atoms with Crippen LogP contribution in [0.3, 0.4) is 0 Å². The quantitative estimate of drug-likeness (QED) is 0.625. The Labute approximate surface area is 155 Å². The second-order valence-electron chi connectivity index (χ2n) is 5.78.